The van der Waals surface area contributed by atoms with Crippen LogP contribution < -0.4 is 15.1 Å². The maximum absolute atomic E-state index is 12.2. The van der Waals surface area contributed by atoms with E-state index in [1.807, 2.05) is 57.0 Å². The summed E-state index contributed by atoms with van der Waals surface area (Å²) in [6.45, 7) is 9.22. The first-order valence-corrected chi connectivity index (χ1v) is 7.09. The van der Waals surface area contributed by atoms with Crippen molar-refractivity contribution in [2.45, 2.75) is 26.8 Å². The number of benzene rings is 1. The van der Waals surface area contributed by atoms with Gasteiger partial charge in [-0.2, -0.15) is 0 Å². The summed E-state index contributed by atoms with van der Waals surface area (Å²) in [6.07, 6.45) is 0. The van der Waals surface area contributed by atoms with Gasteiger partial charge in [0.05, 0.1) is 30.6 Å². The van der Waals surface area contributed by atoms with Crippen LogP contribution in [-0.2, 0) is 4.79 Å². The summed E-state index contributed by atoms with van der Waals surface area (Å²) in [7, 11) is 1.91. The van der Waals surface area contributed by atoms with Crippen LogP contribution in [0.2, 0.25) is 0 Å². The van der Waals surface area contributed by atoms with Gasteiger partial charge in [0.15, 0.2) is 0 Å². The van der Waals surface area contributed by atoms with E-state index in [4.69, 9.17) is 0 Å². The minimum absolute atomic E-state index is 0.0703. The van der Waals surface area contributed by atoms with Crippen molar-refractivity contribution in [2.24, 2.45) is 5.41 Å². The van der Waals surface area contributed by atoms with Crippen molar-refractivity contribution in [3.05, 3.63) is 30.9 Å². The molecule has 1 aromatic rings. The number of rotatable bonds is 4. The van der Waals surface area contributed by atoms with Gasteiger partial charge in [-0.3, -0.25) is 4.79 Å². The molecule has 2 N–H and O–H groups in total. The van der Waals surface area contributed by atoms with Crippen LogP contribution >= 0.6 is 0 Å². The van der Waals surface area contributed by atoms with E-state index in [2.05, 4.69) is 12.0 Å². The summed E-state index contributed by atoms with van der Waals surface area (Å²) in [5, 5.41) is 12.3. The van der Waals surface area contributed by atoms with E-state index in [1.54, 1.807) is 4.90 Å². The van der Waals surface area contributed by atoms with Crippen molar-refractivity contribution >= 4 is 17.3 Å². The molecule has 5 nitrogen and oxygen atoms in total. The Labute approximate surface area is 126 Å². The predicted molar refractivity (Wildman–Crippen MR) is 83.9 cm³/mol. The van der Waals surface area contributed by atoms with Crippen LogP contribution in [0.4, 0.5) is 11.4 Å². The van der Waals surface area contributed by atoms with Gasteiger partial charge >= 0.3 is 0 Å². The molecule has 0 fully saturated rings. The summed E-state index contributed by atoms with van der Waals surface area (Å²) < 4.78 is 0. The Morgan fingerprint density at radius 2 is 1.95 bits per heavy atom. The van der Waals surface area contributed by atoms with Gasteiger partial charge in [-0.05, 0) is 17.5 Å². The fraction of sp³-hybridized carbons (Fsp3) is 0.500. The molecule has 2 rings (SSSR count). The normalized spacial score (nSPS) is 15.9. The van der Waals surface area contributed by atoms with Gasteiger partial charge in [-0.25, -0.2) is 0 Å². The number of nitrogens with one attached hydrogen (secondary N) is 1. The zero-order valence-electron chi connectivity index (χ0n) is 13.1. The fourth-order valence-electron chi connectivity index (χ4n) is 2.30. The Balaban J connectivity index is 2.02. The van der Waals surface area contributed by atoms with Crippen LogP contribution in [0.25, 0.3) is 0 Å². The first-order chi connectivity index (χ1) is 9.82. The smallest absolute Gasteiger partial charge is 0.239 e. The molecule has 2 radical (unpaired) electrons. The van der Waals surface area contributed by atoms with Crippen molar-refractivity contribution in [2.75, 3.05) is 30.0 Å². The Hall–Kier alpha value is -1.75. The first kappa shape index (κ1) is 15.6. The van der Waals surface area contributed by atoms with E-state index in [1.165, 1.54) is 0 Å². The van der Waals surface area contributed by atoms with Crippen molar-refractivity contribution < 1.29 is 9.90 Å². The monoisotopic (exact) mass is 289 g/mol. The van der Waals surface area contributed by atoms with Gasteiger partial charge in [-0.1, -0.05) is 32.9 Å². The van der Waals surface area contributed by atoms with Crippen LogP contribution in [-0.4, -0.2) is 37.3 Å². The number of carbonyl (C=O) groups excluding carboxylic acids is 1. The average molecular weight is 289 g/mol. The third-order valence-corrected chi connectivity index (χ3v) is 3.67. The summed E-state index contributed by atoms with van der Waals surface area (Å²) in [4.78, 5) is 15.9. The van der Waals surface area contributed by atoms with Crippen LogP contribution in [0.5, 0.6) is 0 Å². The number of hydrogen-bond donors (Lipinski definition) is 2. The SMILES string of the molecule is CN1[C]N(CC(=O)N[C@H](CO)C(C)(C)C)c2ccccc21. The predicted octanol–water partition coefficient (Wildman–Crippen LogP) is 1.46. The average Bonchev–Trinajstić information content (AvgIpc) is 2.72. The number of aliphatic hydroxyl groups excluding tert-OH is 1. The zero-order valence-corrected chi connectivity index (χ0v) is 13.1. The summed E-state index contributed by atoms with van der Waals surface area (Å²) in [5.74, 6) is -0.124. The van der Waals surface area contributed by atoms with E-state index >= 15 is 0 Å². The van der Waals surface area contributed by atoms with Crippen molar-refractivity contribution in [3.63, 3.8) is 0 Å². The van der Waals surface area contributed by atoms with Crippen molar-refractivity contribution in [3.8, 4) is 0 Å². The van der Waals surface area contributed by atoms with Gasteiger partial charge in [0.1, 0.15) is 0 Å². The molecule has 1 aliphatic heterocycles. The van der Waals surface area contributed by atoms with Crippen molar-refractivity contribution in [1.29, 1.82) is 0 Å². The number of nitrogens with zero attached hydrogens (tertiary/aromatic N) is 2. The lowest BCUT2D eigenvalue weighted by Crippen LogP contribution is -2.49. The molecular weight excluding hydrogens is 266 g/mol. The number of anilines is 2. The molecule has 114 valence electrons. The Morgan fingerprint density at radius 3 is 2.52 bits per heavy atom. The van der Waals surface area contributed by atoms with E-state index in [9.17, 15) is 9.90 Å². The van der Waals surface area contributed by atoms with Gasteiger partial charge < -0.3 is 20.2 Å². The van der Waals surface area contributed by atoms with E-state index in [-0.39, 0.29) is 30.5 Å². The van der Waals surface area contributed by atoms with Gasteiger partial charge in [0.25, 0.3) is 0 Å². The second-order valence-corrected chi connectivity index (χ2v) is 6.40. The van der Waals surface area contributed by atoms with Crippen LogP contribution in [0, 0.1) is 12.1 Å². The highest BCUT2D eigenvalue weighted by Gasteiger charge is 2.29. The highest BCUT2D eigenvalue weighted by atomic mass is 16.3. The second kappa shape index (κ2) is 5.93. The molecule has 0 aromatic heterocycles. The Bertz CT molecular complexity index is 510. The minimum Gasteiger partial charge on any atom is -0.394 e. The van der Waals surface area contributed by atoms with Gasteiger partial charge in [-0.15, -0.1) is 0 Å². The number of para-hydroxylation sites is 2. The highest BCUT2D eigenvalue weighted by molar-refractivity contribution is 5.87. The lowest BCUT2D eigenvalue weighted by Gasteiger charge is -2.30. The molecule has 1 atom stereocenters. The largest absolute Gasteiger partial charge is 0.394 e. The molecule has 5 heteroatoms. The molecule has 1 heterocycles. The van der Waals surface area contributed by atoms with Crippen LogP contribution in [0.1, 0.15) is 20.8 Å². The molecule has 1 amide bonds. The first-order valence-electron chi connectivity index (χ1n) is 7.09. The maximum atomic E-state index is 12.2. The number of carbonyl (C=O) groups is 1. The van der Waals surface area contributed by atoms with Crippen LogP contribution in [0.15, 0.2) is 24.3 Å². The topological polar surface area (TPSA) is 55.8 Å². The van der Waals surface area contributed by atoms with E-state index in [0.29, 0.717) is 0 Å². The molecule has 0 saturated heterocycles. The molecule has 0 saturated carbocycles. The lowest BCUT2D eigenvalue weighted by atomic mass is 9.87. The van der Waals surface area contributed by atoms with E-state index < -0.39 is 0 Å². The van der Waals surface area contributed by atoms with E-state index in [0.717, 1.165) is 11.4 Å². The number of hydrogen-bond acceptors (Lipinski definition) is 4. The maximum Gasteiger partial charge on any atom is 0.239 e. The summed E-state index contributed by atoms with van der Waals surface area (Å²) >= 11 is 0. The molecule has 0 spiro atoms. The molecule has 21 heavy (non-hydrogen) atoms. The van der Waals surface area contributed by atoms with Gasteiger partial charge in [0.2, 0.25) is 12.6 Å². The molecule has 1 aromatic carbocycles. The van der Waals surface area contributed by atoms with Crippen LogP contribution in [0.3, 0.4) is 0 Å². The molecule has 0 bridgehead atoms. The number of amides is 1. The molecule has 1 aliphatic rings. The zero-order chi connectivity index (χ0) is 15.6. The number of aliphatic hydroxyl groups is 1. The number of fused-ring (bicyclic) bond motifs is 1. The standard InChI is InChI=1S/C16H23N3O2/c1-16(2,3)14(10-20)17-15(21)9-19-11-18(4)12-7-5-6-8-13(12)19/h5-8,14,20H,9-10H2,1-4H3,(H,17,21)/t14-/m1/s1. The van der Waals surface area contributed by atoms with Crippen molar-refractivity contribution in [1.82, 2.24) is 5.32 Å². The quantitative estimate of drug-likeness (QED) is 0.881. The molecule has 0 aliphatic carbocycles. The fourth-order valence-corrected chi connectivity index (χ4v) is 2.30. The highest BCUT2D eigenvalue weighted by Crippen LogP contribution is 2.36. The third-order valence-electron chi connectivity index (χ3n) is 3.67. The van der Waals surface area contributed by atoms with Gasteiger partial charge in [0, 0.05) is 7.05 Å². The lowest BCUT2D eigenvalue weighted by molar-refractivity contribution is -0.121. The minimum atomic E-state index is -0.263. The summed E-state index contributed by atoms with van der Waals surface area (Å²) in [5.41, 5.74) is 1.81. The Morgan fingerprint density at radius 1 is 1.33 bits per heavy atom. The summed E-state index contributed by atoms with van der Waals surface area (Å²) in [6, 6.07) is 7.59. The molecule has 0 unspecified atom stereocenters. The molecular formula is C16H23N3O2. The third kappa shape index (κ3) is 3.47. The Kier molecular flexibility index (Phi) is 4.42. The second-order valence-electron chi connectivity index (χ2n) is 6.40.